The molecule has 1 saturated carbocycles. The van der Waals surface area contributed by atoms with E-state index in [0.717, 1.165) is 76.1 Å². The van der Waals surface area contributed by atoms with Gasteiger partial charge in [-0.15, -0.1) is 17.7 Å². The fourth-order valence-electron chi connectivity index (χ4n) is 10.0. The van der Waals surface area contributed by atoms with E-state index in [9.17, 15) is 28.0 Å². The van der Waals surface area contributed by atoms with Gasteiger partial charge in [-0.05, 0) is 62.1 Å². The fourth-order valence-corrected chi connectivity index (χ4v) is 10.5. The SMILES string of the molecule is O=C1CC[C@@H](N2C(=O)c3c(cccc3N3CCN(CC4CCC(n5cc(NC(=O)c6c(N7C[C@H]8C[C@@H]7CO8)nn7cccnc67)c(C(F)F)n5)CC4)CC3)[C@H]2S)C(=O)N1. The van der Waals surface area contributed by atoms with Crippen molar-refractivity contribution in [2.24, 2.45) is 5.92 Å². The molecular weight excluding hydrogens is 785 g/mol. The van der Waals surface area contributed by atoms with Crippen LogP contribution in [-0.2, 0) is 14.3 Å². The van der Waals surface area contributed by atoms with Gasteiger partial charge in [0.2, 0.25) is 11.8 Å². The predicted octanol–water partition coefficient (Wildman–Crippen LogP) is 3.84. The number of hydrogen-bond donors (Lipinski definition) is 3. The second-order valence-electron chi connectivity index (χ2n) is 16.5. The van der Waals surface area contributed by atoms with Gasteiger partial charge in [0.1, 0.15) is 17.0 Å². The minimum atomic E-state index is -2.88. The van der Waals surface area contributed by atoms with Crippen molar-refractivity contribution < 1.29 is 32.7 Å². The minimum Gasteiger partial charge on any atom is -0.374 e. The number of benzene rings is 1. The Morgan fingerprint density at radius 2 is 1.83 bits per heavy atom. The quantitative estimate of drug-likeness (QED) is 0.166. The van der Waals surface area contributed by atoms with Crippen molar-refractivity contribution in [1.82, 2.24) is 39.5 Å². The number of ether oxygens (including phenoxy) is 1. The number of halogens is 2. The summed E-state index contributed by atoms with van der Waals surface area (Å²) in [5, 5.41) is 13.5. The first-order chi connectivity index (χ1) is 28.6. The number of carbonyl (C=O) groups excluding carboxylic acids is 4. The highest BCUT2D eigenvalue weighted by Crippen LogP contribution is 2.44. The van der Waals surface area contributed by atoms with Crippen LogP contribution in [0.15, 0.2) is 42.9 Å². The van der Waals surface area contributed by atoms with E-state index in [1.807, 2.05) is 18.2 Å². The number of morpholine rings is 1. The van der Waals surface area contributed by atoms with Crippen LogP contribution in [0.25, 0.3) is 5.65 Å². The smallest absolute Gasteiger partial charge is 0.284 e. The van der Waals surface area contributed by atoms with Crippen molar-refractivity contribution in [3.63, 3.8) is 0 Å². The van der Waals surface area contributed by atoms with Crippen LogP contribution in [0.2, 0.25) is 0 Å². The summed E-state index contributed by atoms with van der Waals surface area (Å²) in [6.07, 6.45) is 6.69. The molecule has 10 rings (SSSR count). The van der Waals surface area contributed by atoms with Crippen LogP contribution < -0.4 is 20.4 Å². The number of piperazine rings is 1. The van der Waals surface area contributed by atoms with Crippen LogP contribution in [-0.4, -0.2) is 122 Å². The Bertz CT molecular complexity index is 2320. The molecule has 0 spiro atoms. The Kier molecular flexibility index (Phi) is 9.78. The molecule has 310 valence electrons. The lowest BCUT2D eigenvalue weighted by atomic mass is 9.85. The molecule has 5 fully saturated rings. The molecule has 4 atom stereocenters. The molecule has 8 heterocycles. The molecular formula is C40H45F2N11O5S. The third kappa shape index (κ3) is 6.79. The van der Waals surface area contributed by atoms with E-state index >= 15 is 0 Å². The van der Waals surface area contributed by atoms with Crippen LogP contribution in [0, 0.1) is 5.92 Å². The van der Waals surface area contributed by atoms with Crippen molar-refractivity contribution in [2.45, 2.75) is 81.0 Å². The largest absolute Gasteiger partial charge is 0.374 e. The van der Waals surface area contributed by atoms with Crippen LogP contribution in [0.3, 0.4) is 0 Å². The number of amides is 4. The second-order valence-corrected chi connectivity index (χ2v) is 17.0. The van der Waals surface area contributed by atoms with Gasteiger partial charge in [-0.2, -0.15) is 5.10 Å². The minimum absolute atomic E-state index is 0.0168. The Hall–Kier alpha value is -5.14. The molecule has 0 radical (unpaired) electrons. The van der Waals surface area contributed by atoms with E-state index in [0.29, 0.717) is 36.1 Å². The number of hydrogen-bond acceptors (Lipinski definition) is 12. The Morgan fingerprint density at radius 3 is 2.56 bits per heavy atom. The summed E-state index contributed by atoms with van der Waals surface area (Å²) < 4.78 is 37.8. The number of fused-ring (bicyclic) bond motifs is 4. The van der Waals surface area contributed by atoms with E-state index in [-0.39, 0.29) is 54.1 Å². The van der Waals surface area contributed by atoms with Crippen molar-refractivity contribution in [3.05, 3.63) is 65.2 Å². The van der Waals surface area contributed by atoms with Gasteiger partial charge < -0.3 is 24.8 Å². The lowest BCUT2D eigenvalue weighted by Crippen LogP contribution is -2.53. The number of carbonyl (C=O) groups is 4. The number of rotatable bonds is 9. The number of aromatic nitrogens is 5. The van der Waals surface area contributed by atoms with Crippen LogP contribution >= 0.6 is 12.6 Å². The first kappa shape index (κ1) is 38.1. The van der Waals surface area contributed by atoms with Crippen LogP contribution in [0.5, 0.6) is 0 Å². The maximum Gasteiger partial charge on any atom is 0.284 e. The highest BCUT2D eigenvalue weighted by atomic mass is 32.1. The van der Waals surface area contributed by atoms with Crippen molar-refractivity contribution in [2.75, 3.05) is 61.0 Å². The Morgan fingerprint density at radius 1 is 1.02 bits per heavy atom. The topological polar surface area (TPSA) is 163 Å². The van der Waals surface area contributed by atoms with Gasteiger partial charge in [0.15, 0.2) is 17.2 Å². The third-order valence-corrected chi connectivity index (χ3v) is 13.5. The highest BCUT2D eigenvalue weighted by Gasteiger charge is 2.46. The Balaban J connectivity index is 0.762. The molecule has 2 bridgehead atoms. The lowest BCUT2D eigenvalue weighted by Gasteiger charge is -2.39. The van der Waals surface area contributed by atoms with Gasteiger partial charge in [-0.25, -0.2) is 18.3 Å². The molecule has 4 aromatic rings. The first-order valence-corrected chi connectivity index (χ1v) is 21.0. The van der Waals surface area contributed by atoms with Crippen LogP contribution in [0.4, 0.5) is 26.0 Å². The number of imide groups is 1. The van der Waals surface area contributed by atoms with Gasteiger partial charge >= 0.3 is 0 Å². The summed E-state index contributed by atoms with van der Waals surface area (Å²) in [7, 11) is 0. The number of piperidine rings is 1. The summed E-state index contributed by atoms with van der Waals surface area (Å²) in [4.78, 5) is 64.9. The standard InChI is InChI=1S/C40H45F2N11O5S/c41-34(42)33-27(44-38(56)32-35-43-11-2-12-51(35)47-36(32)50-19-25-17-24(50)21-58-25)20-52(46-33)23-7-5-22(6-8-23)18-48-13-15-49(16-14-48)28-4-1-3-26-31(28)39(57)53(40(26)59)29-9-10-30(54)45-37(29)55/h1-4,11-12,20,22-25,29,34,40,59H,5-10,13-19,21H2,(H,44,56)(H,45,54,55)/t22?,23?,24-,25-,29-,40-/m1/s1. The average Bonchev–Trinajstić information content (AvgIpc) is 4.08. The molecule has 5 aliphatic heterocycles. The summed E-state index contributed by atoms with van der Waals surface area (Å²) >= 11 is 4.75. The number of alkyl halides is 2. The van der Waals surface area contributed by atoms with Gasteiger partial charge in [0.05, 0.1) is 41.7 Å². The summed E-state index contributed by atoms with van der Waals surface area (Å²) in [6.45, 7) is 5.14. The number of nitrogens with zero attached hydrogens (tertiary/aromatic N) is 9. The maximum atomic E-state index is 14.4. The van der Waals surface area contributed by atoms with Gasteiger partial charge in [-0.1, -0.05) is 12.1 Å². The fraction of sp³-hybridized carbons (Fsp3) is 0.525. The van der Waals surface area contributed by atoms with E-state index in [1.165, 1.54) is 4.90 Å². The van der Waals surface area contributed by atoms with Gasteiger partial charge in [0, 0.05) is 64.3 Å². The summed E-state index contributed by atoms with van der Waals surface area (Å²) in [5.41, 5.74) is 2.28. The molecule has 16 nitrogen and oxygen atoms in total. The van der Waals surface area contributed by atoms with Gasteiger partial charge in [-0.3, -0.25) is 34.1 Å². The maximum absolute atomic E-state index is 14.4. The molecule has 6 aliphatic rings. The molecule has 4 amide bonds. The van der Waals surface area contributed by atoms with E-state index in [1.54, 1.807) is 33.9 Å². The zero-order valence-electron chi connectivity index (χ0n) is 32.3. The highest BCUT2D eigenvalue weighted by molar-refractivity contribution is 7.80. The molecule has 1 aliphatic carbocycles. The zero-order valence-corrected chi connectivity index (χ0v) is 33.1. The summed E-state index contributed by atoms with van der Waals surface area (Å²) in [6, 6.07) is 6.74. The van der Waals surface area contributed by atoms with Crippen molar-refractivity contribution in [3.8, 4) is 0 Å². The van der Waals surface area contributed by atoms with E-state index in [4.69, 9.17) is 17.4 Å². The normalized spacial score (nSPS) is 27.3. The molecule has 2 N–H and O–H groups in total. The van der Waals surface area contributed by atoms with Gasteiger partial charge in [0.25, 0.3) is 18.2 Å². The number of thiol groups is 1. The molecule has 1 aromatic carbocycles. The second kappa shape index (κ2) is 15.2. The summed E-state index contributed by atoms with van der Waals surface area (Å²) in [5.74, 6) is -0.699. The molecule has 59 heavy (non-hydrogen) atoms. The average molecular weight is 830 g/mol. The zero-order chi connectivity index (χ0) is 40.5. The van der Waals surface area contributed by atoms with Crippen molar-refractivity contribution >= 4 is 59.1 Å². The molecule has 19 heteroatoms. The Labute approximate surface area is 343 Å². The lowest BCUT2D eigenvalue weighted by molar-refractivity contribution is -0.137. The first-order valence-electron chi connectivity index (χ1n) is 20.5. The van der Waals surface area contributed by atoms with Crippen LogP contribution in [0.1, 0.15) is 94.8 Å². The molecule has 3 aromatic heterocycles. The predicted molar refractivity (Wildman–Crippen MR) is 214 cm³/mol. The van der Waals surface area contributed by atoms with E-state index < -0.39 is 35.3 Å². The number of anilines is 3. The van der Waals surface area contributed by atoms with E-state index in [2.05, 4.69) is 40.5 Å². The molecule has 4 saturated heterocycles. The monoisotopic (exact) mass is 829 g/mol. The number of nitrogens with one attached hydrogen (secondary N) is 2. The molecule has 0 unspecified atom stereocenters. The third-order valence-electron chi connectivity index (χ3n) is 13.0. The van der Waals surface area contributed by atoms with Crippen molar-refractivity contribution in [1.29, 1.82) is 0 Å².